The van der Waals surface area contributed by atoms with E-state index in [1.54, 1.807) is 0 Å². The first-order valence-electron chi connectivity index (χ1n) is 6.07. The van der Waals surface area contributed by atoms with E-state index in [4.69, 9.17) is 0 Å². The molecule has 2 heteroatoms. The molecule has 1 aliphatic rings. The van der Waals surface area contributed by atoms with Gasteiger partial charge in [-0.3, -0.25) is 4.79 Å². The average Bonchev–Trinajstić information content (AvgIpc) is 2.16. The Kier molecular flexibility index (Phi) is 3.47. The Morgan fingerprint density at radius 1 is 1.33 bits per heavy atom. The van der Waals surface area contributed by atoms with Gasteiger partial charge in [-0.05, 0) is 37.0 Å². The third kappa shape index (κ3) is 2.19. The lowest BCUT2D eigenvalue weighted by Crippen LogP contribution is -2.45. The summed E-state index contributed by atoms with van der Waals surface area (Å²) in [4.78, 5) is 11.5. The summed E-state index contributed by atoms with van der Waals surface area (Å²) < 4.78 is 0. The van der Waals surface area contributed by atoms with E-state index in [9.17, 15) is 9.90 Å². The standard InChI is InChI=1S/C13H24O2/c1-5-10-6-8-13(9-7-10,11(14)15)12(2,3)4/h10H,5-9H2,1-4H3,(H,14,15). The fourth-order valence-electron chi connectivity index (χ4n) is 2.86. The van der Waals surface area contributed by atoms with Gasteiger partial charge in [0.05, 0.1) is 5.41 Å². The van der Waals surface area contributed by atoms with E-state index in [0.29, 0.717) is 0 Å². The molecule has 0 saturated heterocycles. The molecule has 0 amide bonds. The Labute approximate surface area is 93.1 Å². The summed E-state index contributed by atoms with van der Waals surface area (Å²) in [5.74, 6) is 0.157. The van der Waals surface area contributed by atoms with Gasteiger partial charge in [0.25, 0.3) is 0 Å². The van der Waals surface area contributed by atoms with Crippen LogP contribution in [0.5, 0.6) is 0 Å². The van der Waals surface area contributed by atoms with Crippen LogP contribution in [0.2, 0.25) is 0 Å². The molecular weight excluding hydrogens is 188 g/mol. The van der Waals surface area contributed by atoms with Gasteiger partial charge in [0.15, 0.2) is 0 Å². The van der Waals surface area contributed by atoms with Gasteiger partial charge in [-0.2, -0.15) is 0 Å². The average molecular weight is 212 g/mol. The Hall–Kier alpha value is -0.530. The molecule has 0 heterocycles. The molecule has 0 aromatic rings. The molecule has 0 unspecified atom stereocenters. The molecule has 1 aliphatic carbocycles. The van der Waals surface area contributed by atoms with Crippen molar-refractivity contribution in [1.82, 2.24) is 0 Å². The van der Waals surface area contributed by atoms with Crippen molar-refractivity contribution in [2.24, 2.45) is 16.7 Å². The van der Waals surface area contributed by atoms with Crippen LogP contribution in [-0.4, -0.2) is 11.1 Å². The Morgan fingerprint density at radius 2 is 1.80 bits per heavy atom. The number of aliphatic carboxylic acids is 1. The molecular formula is C13H24O2. The molecule has 1 saturated carbocycles. The first-order valence-corrected chi connectivity index (χ1v) is 6.07. The highest BCUT2D eigenvalue weighted by molar-refractivity contribution is 5.75. The molecule has 88 valence electrons. The van der Waals surface area contributed by atoms with E-state index in [-0.39, 0.29) is 5.41 Å². The Balaban J connectivity index is 2.84. The number of carboxylic acids is 1. The maximum atomic E-state index is 11.5. The molecule has 0 radical (unpaired) electrons. The summed E-state index contributed by atoms with van der Waals surface area (Å²) >= 11 is 0. The predicted molar refractivity (Wildman–Crippen MR) is 61.8 cm³/mol. The topological polar surface area (TPSA) is 37.3 Å². The molecule has 15 heavy (non-hydrogen) atoms. The highest BCUT2D eigenvalue weighted by atomic mass is 16.4. The zero-order valence-electron chi connectivity index (χ0n) is 10.5. The minimum Gasteiger partial charge on any atom is -0.481 e. The van der Waals surface area contributed by atoms with Crippen LogP contribution in [0.4, 0.5) is 0 Å². The van der Waals surface area contributed by atoms with E-state index < -0.39 is 11.4 Å². The number of rotatable bonds is 2. The molecule has 0 aromatic carbocycles. The molecule has 1 fully saturated rings. The predicted octanol–water partition coefficient (Wildman–Crippen LogP) is 3.70. The van der Waals surface area contributed by atoms with Crippen LogP contribution in [0.1, 0.15) is 59.8 Å². The monoisotopic (exact) mass is 212 g/mol. The van der Waals surface area contributed by atoms with Crippen LogP contribution < -0.4 is 0 Å². The van der Waals surface area contributed by atoms with Gasteiger partial charge in [-0.25, -0.2) is 0 Å². The molecule has 0 aromatic heterocycles. The first kappa shape index (κ1) is 12.5. The second kappa shape index (κ2) is 4.15. The molecule has 1 N–H and O–H groups in total. The molecule has 0 aliphatic heterocycles. The van der Waals surface area contributed by atoms with Crippen molar-refractivity contribution in [2.75, 3.05) is 0 Å². The zero-order valence-corrected chi connectivity index (χ0v) is 10.5. The quantitative estimate of drug-likeness (QED) is 0.757. The van der Waals surface area contributed by atoms with Crippen molar-refractivity contribution in [3.63, 3.8) is 0 Å². The normalized spacial score (nSPS) is 32.7. The van der Waals surface area contributed by atoms with Crippen molar-refractivity contribution in [2.45, 2.75) is 59.8 Å². The zero-order chi connectivity index (χ0) is 11.7. The van der Waals surface area contributed by atoms with Crippen LogP contribution >= 0.6 is 0 Å². The minimum absolute atomic E-state index is 0.127. The van der Waals surface area contributed by atoms with E-state index in [0.717, 1.165) is 31.6 Å². The lowest BCUT2D eigenvalue weighted by molar-refractivity contribution is -0.160. The van der Waals surface area contributed by atoms with E-state index >= 15 is 0 Å². The van der Waals surface area contributed by atoms with Gasteiger partial charge >= 0.3 is 5.97 Å². The van der Waals surface area contributed by atoms with Gasteiger partial charge in [-0.1, -0.05) is 34.1 Å². The van der Waals surface area contributed by atoms with Gasteiger partial charge < -0.3 is 5.11 Å². The molecule has 1 rings (SSSR count). The fourth-order valence-corrected chi connectivity index (χ4v) is 2.86. The summed E-state index contributed by atoms with van der Waals surface area (Å²) in [5, 5.41) is 9.48. The minimum atomic E-state index is -0.593. The Morgan fingerprint density at radius 3 is 2.07 bits per heavy atom. The third-order valence-electron chi connectivity index (χ3n) is 4.38. The van der Waals surface area contributed by atoms with Gasteiger partial charge in [0, 0.05) is 0 Å². The van der Waals surface area contributed by atoms with Gasteiger partial charge in [0.1, 0.15) is 0 Å². The largest absolute Gasteiger partial charge is 0.481 e. The van der Waals surface area contributed by atoms with Crippen molar-refractivity contribution < 1.29 is 9.90 Å². The van der Waals surface area contributed by atoms with Crippen LogP contribution in [0, 0.1) is 16.7 Å². The summed E-state index contributed by atoms with van der Waals surface area (Å²) in [6.07, 6.45) is 5.06. The smallest absolute Gasteiger partial charge is 0.310 e. The highest BCUT2D eigenvalue weighted by Crippen LogP contribution is 2.51. The maximum Gasteiger partial charge on any atom is 0.310 e. The van der Waals surface area contributed by atoms with Crippen molar-refractivity contribution in [1.29, 1.82) is 0 Å². The number of carboxylic acid groups (broad SMARTS) is 1. The second-order valence-corrected chi connectivity index (χ2v) is 5.99. The SMILES string of the molecule is CCC1CCC(C(=O)O)(C(C)(C)C)CC1. The Bertz CT molecular complexity index is 229. The second-order valence-electron chi connectivity index (χ2n) is 5.99. The first-order chi connectivity index (χ1) is 6.83. The van der Waals surface area contributed by atoms with Crippen molar-refractivity contribution in [3.05, 3.63) is 0 Å². The molecule has 0 bridgehead atoms. The van der Waals surface area contributed by atoms with E-state index in [1.165, 1.54) is 6.42 Å². The third-order valence-corrected chi connectivity index (χ3v) is 4.38. The van der Waals surface area contributed by atoms with Crippen molar-refractivity contribution in [3.8, 4) is 0 Å². The molecule has 0 atom stereocenters. The van der Waals surface area contributed by atoms with Gasteiger partial charge in [-0.15, -0.1) is 0 Å². The summed E-state index contributed by atoms with van der Waals surface area (Å²) in [7, 11) is 0. The highest BCUT2D eigenvalue weighted by Gasteiger charge is 2.49. The summed E-state index contributed by atoms with van der Waals surface area (Å²) in [6.45, 7) is 8.39. The van der Waals surface area contributed by atoms with E-state index in [1.807, 2.05) is 0 Å². The van der Waals surface area contributed by atoms with Crippen LogP contribution in [0.3, 0.4) is 0 Å². The maximum absolute atomic E-state index is 11.5. The van der Waals surface area contributed by atoms with E-state index in [2.05, 4.69) is 27.7 Å². The summed E-state index contributed by atoms with van der Waals surface area (Å²) in [5.41, 5.74) is -0.615. The summed E-state index contributed by atoms with van der Waals surface area (Å²) in [6, 6.07) is 0. The number of carbonyl (C=O) groups is 1. The number of hydrogen-bond donors (Lipinski definition) is 1. The van der Waals surface area contributed by atoms with Crippen molar-refractivity contribution >= 4 is 5.97 Å². The lowest BCUT2D eigenvalue weighted by Gasteiger charge is -2.45. The van der Waals surface area contributed by atoms with Gasteiger partial charge in [0.2, 0.25) is 0 Å². The van der Waals surface area contributed by atoms with Crippen LogP contribution in [0.25, 0.3) is 0 Å². The van der Waals surface area contributed by atoms with Crippen LogP contribution in [0.15, 0.2) is 0 Å². The number of hydrogen-bond acceptors (Lipinski definition) is 1. The molecule has 0 spiro atoms. The molecule has 2 nitrogen and oxygen atoms in total. The lowest BCUT2D eigenvalue weighted by atomic mass is 9.57. The van der Waals surface area contributed by atoms with Crippen LogP contribution in [-0.2, 0) is 4.79 Å². The fraction of sp³-hybridized carbons (Fsp3) is 0.923.